The Labute approximate surface area is 157 Å². The van der Waals surface area contributed by atoms with Gasteiger partial charge >= 0.3 is 0 Å². The number of nitriles is 1. The number of anilines is 2. The smallest absolute Gasteiger partial charge is 0.230 e. The molecule has 0 radical (unpaired) electrons. The number of ether oxygens (including phenoxy) is 1. The molecule has 7 nitrogen and oxygen atoms in total. The molecule has 1 fully saturated rings. The molecular weight excluding hydrogens is 340 g/mol. The van der Waals surface area contributed by atoms with Gasteiger partial charge in [-0.3, -0.25) is 0 Å². The van der Waals surface area contributed by atoms with E-state index in [2.05, 4.69) is 31.7 Å². The molecular formula is C20H18N6O. The zero-order chi connectivity index (χ0) is 18.5. The number of benzene rings is 2. The first kappa shape index (κ1) is 16.9. The average Bonchev–Trinajstić information content (AvgIpc) is 3.22. The second-order valence-electron chi connectivity index (χ2n) is 6.18. The van der Waals surface area contributed by atoms with E-state index in [9.17, 15) is 5.26 Å². The standard InChI is InChI=1S/C20H18N6O/c21-11-15-10-14(6-7-18(15)27-17-8-9-22-12-17)19-23-13-24-20(26-19)25-16-4-2-1-3-5-16/h1-7,10,13,17,22H,8-9,12H2,(H,23,24,25,26). The molecule has 2 heterocycles. The van der Waals surface area contributed by atoms with E-state index in [4.69, 9.17) is 4.74 Å². The number of nitrogens with one attached hydrogen (secondary N) is 2. The van der Waals surface area contributed by atoms with Crippen LogP contribution in [0.25, 0.3) is 11.4 Å². The topological polar surface area (TPSA) is 95.8 Å². The molecule has 2 aromatic carbocycles. The van der Waals surface area contributed by atoms with E-state index in [-0.39, 0.29) is 6.10 Å². The molecule has 0 saturated carbocycles. The predicted octanol–water partition coefficient (Wildman–Crippen LogP) is 2.89. The Morgan fingerprint density at radius 1 is 1.15 bits per heavy atom. The zero-order valence-corrected chi connectivity index (χ0v) is 14.6. The number of nitrogens with zero attached hydrogens (tertiary/aromatic N) is 4. The molecule has 1 aliphatic rings. The molecule has 1 aromatic heterocycles. The normalized spacial score (nSPS) is 15.9. The van der Waals surface area contributed by atoms with Gasteiger partial charge in [-0.1, -0.05) is 18.2 Å². The molecule has 0 bridgehead atoms. The molecule has 0 aliphatic carbocycles. The van der Waals surface area contributed by atoms with Crippen LogP contribution in [0.5, 0.6) is 5.75 Å². The van der Waals surface area contributed by atoms with Crippen molar-refractivity contribution >= 4 is 11.6 Å². The lowest BCUT2D eigenvalue weighted by Gasteiger charge is -2.14. The molecule has 4 rings (SSSR count). The number of aromatic nitrogens is 3. The molecule has 2 N–H and O–H groups in total. The van der Waals surface area contributed by atoms with Gasteiger partial charge in [0.2, 0.25) is 5.95 Å². The SMILES string of the molecule is N#Cc1cc(-c2ncnc(Nc3ccccc3)n2)ccc1OC1CCNC1. The van der Waals surface area contributed by atoms with Crippen LogP contribution in [0.4, 0.5) is 11.6 Å². The van der Waals surface area contributed by atoms with Gasteiger partial charge in [0.1, 0.15) is 24.3 Å². The molecule has 1 unspecified atom stereocenters. The summed E-state index contributed by atoms with van der Waals surface area (Å²) in [6.07, 6.45) is 2.49. The molecule has 27 heavy (non-hydrogen) atoms. The predicted molar refractivity (Wildman–Crippen MR) is 102 cm³/mol. The summed E-state index contributed by atoms with van der Waals surface area (Å²) < 4.78 is 5.94. The van der Waals surface area contributed by atoms with Crippen LogP contribution in [-0.2, 0) is 0 Å². The van der Waals surface area contributed by atoms with E-state index < -0.39 is 0 Å². The average molecular weight is 358 g/mol. The van der Waals surface area contributed by atoms with Gasteiger partial charge in [0.25, 0.3) is 0 Å². The van der Waals surface area contributed by atoms with Gasteiger partial charge in [0, 0.05) is 17.8 Å². The minimum Gasteiger partial charge on any atom is -0.488 e. The Balaban J connectivity index is 1.57. The van der Waals surface area contributed by atoms with Crippen molar-refractivity contribution in [3.63, 3.8) is 0 Å². The first-order chi connectivity index (χ1) is 13.3. The van der Waals surface area contributed by atoms with Crippen LogP contribution in [0.15, 0.2) is 54.9 Å². The Bertz CT molecular complexity index is 964. The van der Waals surface area contributed by atoms with E-state index >= 15 is 0 Å². The Kier molecular flexibility index (Phi) is 4.90. The number of hydrogen-bond acceptors (Lipinski definition) is 7. The van der Waals surface area contributed by atoms with Gasteiger partial charge in [0.15, 0.2) is 5.82 Å². The van der Waals surface area contributed by atoms with Crippen molar-refractivity contribution in [2.75, 3.05) is 18.4 Å². The lowest BCUT2D eigenvalue weighted by Crippen LogP contribution is -2.20. The minimum atomic E-state index is 0.0989. The van der Waals surface area contributed by atoms with Crippen molar-refractivity contribution in [2.24, 2.45) is 0 Å². The fourth-order valence-electron chi connectivity index (χ4n) is 2.91. The molecule has 1 aliphatic heterocycles. The Morgan fingerprint density at radius 2 is 2.04 bits per heavy atom. The highest BCUT2D eigenvalue weighted by Crippen LogP contribution is 2.26. The monoisotopic (exact) mass is 358 g/mol. The molecule has 3 aromatic rings. The second-order valence-corrected chi connectivity index (χ2v) is 6.18. The second kappa shape index (κ2) is 7.81. The van der Waals surface area contributed by atoms with E-state index in [0.29, 0.717) is 23.1 Å². The molecule has 0 amide bonds. The number of rotatable bonds is 5. The summed E-state index contributed by atoms with van der Waals surface area (Å²) >= 11 is 0. The first-order valence-corrected chi connectivity index (χ1v) is 8.75. The Hall–Kier alpha value is -3.50. The largest absolute Gasteiger partial charge is 0.488 e. The highest BCUT2D eigenvalue weighted by atomic mass is 16.5. The fourth-order valence-corrected chi connectivity index (χ4v) is 2.91. The third kappa shape index (κ3) is 4.02. The van der Waals surface area contributed by atoms with E-state index in [0.717, 1.165) is 30.8 Å². The van der Waals surface area contributed by atoms with Gasteiger partial charge < -0.3 is 15.4 Å². The number of hydrogen-bond donors (Lipinski definition) is 2. The zero-order valence-electron chi connectivity index (χ0n) is 14.6. The lowest BCUT2D eigenvalue weighted by atomic mass is 10.1. The van der Waals surface area contributed by atoms with Crippen molar-refractivity contribution in [3.05, 3.63) is 60.4 Å². The maximum atomic E-state index is 9.50. The van der Waals surface area contributed by atoms with Gasteiger partial charge in [-0.05, 0) is 43.3 Å². The van der Waals surface area contributed by atoms with E-state index in [1.807, 2.05) is 36.4 Å². The van der Waals surface area contributed by atoms with Crippen molar-refractivity contribution in [1.29, 1.82) is 5.26 Å². The lowest BCUT2D eigenvalue weighted by molar-refractivity contribution is 0.222. The molecule has 0 spiro atoms. The van der Waals surface area contributed by atoms with Gasteiger partial charge in [-0.2, -0.15) is 10.2 Å². The van der Waals surface area contributed by atoms with Gasteiger partial charge in [-0.25, -0.2) is 9.97 Å². The maximum Gasteiger partial charge on any atom is 0.230 e. The van der Waals surface area contributed by atoms with Gasteiger partial charge in [0.05, 0.1) is 5.56 Å². The summed E-state index contributed by atoms with van der Waals surface area (Å²) in [5, 5.41) is 15.9. The van der Waals surface area contributed by atoms with Crippen LogP contribution in [0, 0.1) is 11.3 Å². The highest BCUT2D eigenvalue weighted by molar-refractivity contribution is 5.63. The highest BCUT2D eigenvalue weighted by Gasteiger charge is 2.18. The van der Waals surface area contributed by atoms with Crippen LogP contribution in [0.3, 0.4) is 0 Å². The summed E-state index contributed by atoms with van der Waals surface area (Å²) in [5.41, 5.74) is 2.10. The number of para-hydroxylation sites is 1. The maximum absolute atomic E-state index is 9.50. The molecule has 134 valence electrons. The van der Waals surface area contributed by atoms with Crippen molar-refractivity contribution < 1.29 is 4.74 Å². The summed E-state index contributed by atoms with van der Waals surface area (Å²) in [4.78, 5) is 12.8. The molecule has 7 heteroatoms. The summed E-state index contributed by atoms with van der Waals surface area (Å²) in [6.45, 7) is 1.74. The minimum absolute atomic E-state index is 0.0989. The first-order valence-electron chi connectivity index (χ1n) is 8.75. The third-order valence-corrected chi connectivity index (χ3v) is 4.27. The summed E-state index contributed by atoms with van der Waals surface area (Å²) in [6, 6.07) is 17.3. The summed E-state index contributed by atoms with van der Waals surface area (Å²) in [7, 11) is 0. The molecule has 1 saturated heterocycles. The Morgan fingerprint density at radius 3 is 2.81 bits per heavy atom. The van der Waals surface area contributed by atoms with Crippen LogP contribution < -0.4 is 15.4 Å². The van der Waals surface area contributed by atoms with Gasteiger partial charge in [-0.15, -0.1) is 0 Å². The van der Waals surface area contributed by atoms with E-state index in [1.165, 1.54) is 6.33 Å². The van der Waals surface area contributed by atoms with E-state index in [1.54, 1.807) is 12.1 Å². The van der Waals surface area contributed by atoms with Crippen LogP contribution in [-0.4, -0.2) is 34.1 Å². The van der Waals surface area contributed by atoms with Crippen molar-refractivity contribution in [3.8, 4) is 23.2 Å². The fraction of sp³-hybridized carbons (Fsp3) is 0.200. The van der Waals surface area contributed by atoms with Crippen LogP contribution in [0.1, 0.15) is 12.0 Å². The van der Waals surface area contributed by atoms with Crippen molar-refractivity contribution in [2.45, 2.75) is 12.5 Å². The molecule has 1 atom stereocenters. The van der Waals surface area contributed by atoms with Crippen LogP contribution in [0.2, 0.25) is 0 Å². The quantitative estimate of drug-likeness (QED) is 0.724. The van der Waals surface area contributed by atoms with Crippen molar-refractivity contribution in [1.82, 2.24) is 20.3 Å². The summed E-state index contributed by atoms with van der Waals surface area (Å²) in [5.74, 6) is 1.53. The third-order valence-electron chi connectivity index (χ3n) is 4.27. The van der Waals surface area contributed by atoms with Crippen LogP contribution >= 0.6 is 0 Å².